The number of carbonyl (C=O) groups is 4. The zero-order chi connectivity index (χ0) is 17.9. The van der Waals surface area contributed by atoms with Crippen molar-refractivity contribution in [2.75, 3.05) is 20.6 Å². The highest BCUT2D eigenvalue weighted by Crippen LogP contribution is 2.12. The number of imide groups is 1. The molecule has 118 valence electrons. The van der Waals surface area contributed by atoms with Gasteiger partial charge >= 0.3 is 5.97 Å². The summed E-state index contributed by atoms with van der Waals surface area (Å²) in [5.74, 6) is -3.81. The molecule has 21 heavy (non-hydrogen) atoms. The Morgan fingerprint density at radius 1 is 1.38 bits per heavy atom. The van der Waals surface area contributed by atoms with Gasteiger partial charge in [-0.25, -0.2) is 4.79 Å². The van der Waals surface area contributed by atoms with Crippen LogP contribution in [0, 0.1) is 5.92 Å². The average molecular weight is 307 g/mol. The van der Waals surface area contributed by atoms with Gasteiger partial charge in [-0.2, -0.15) is 0 Å². The number of likely N-dealkylation sites (N-methyl/N-ethyl adjacent to an activating group) is 1. The Labute approximate surface area is 126 Å². The summed E-state index contributed by atoms with van der Waals surface area (Å²) in [6.45, 7) is 0.683. The van der Waals surface area contributed by atoms with Gasteiger partial charge in [-0.3, -0.25) is 19.3 Å². The van der Waals surface area contributed by atoms with Crippen molar-refractivity contribution in [3.05, 3.63) is 0 Å². The fourth-order valence-corrected chi connectivity index (χ4v) is 2.08. The molecule has 0 radical (unpaired) electrons. The van der Waals surface area contributed by atoms with E-state index >= 15 is 0 Å². The fraction of sp³-hybridized carbons (Fsp3) is 0.692. The van der Waals surface area contributed by atoms with Crippen LogP contribution in [0.5, 0.6) is 0 Å². The largest absolute Gasteiger partial charge is 0.352 e. The van der Waals surface area contributed by atoms with E-state index in [2.05, 4.69) is 4.84 Å². The summed E-state index contributed by atoms with van der Waals surface area (Å²) in [5.41, 5.74) is 0. The summed E-state index contributed by atoms with van der Waals surface area (Å²) in [6.07, 6.45) is -0.199. The Bertz CT molecular complexity index is 498. The van der Waals surface area contributed by atoms with E-state index in [1.165, 1.54) is 0 Å². The van der Waals surface area contributed by atoms with Crippen LogP contribution < -0.4 is 5.32 Å². The first-order valence-corrected chi connectivity index (χ1v) is 6.54. The van der Waals surface area contributed by atoms with Gasteiger partial charge in [0.05, 0.1) is 8.78 Å². The topological polar surface area (TPSA) is 96.0 Å². The Hall–Kier alpha value is -1.96. The van der Waals surface area contributed by atoms with E-state index in [0.29, 0.717) is 0 Å². The minimum atomic E-state index is -2.87. The van der Waals surface area contributed by atoms with Crippen LogP contribution in [0.15, 0.2) is 0 Å². The monoisotopic (exact) mass is 307 g/mol. The Morgan fingerprint density at radius 3 is 2.33 bits per heavy atom. The zero-order valence-corrected chi connectivity index (χ0v) is 12.5. The van der Waals surface area contributed by atoms with E-state index in [0.717, 1.165) is 0 Å². The maximum absolute atomic E-state index is 12.2. The predicted molar refractivity (Wildman–Crippen MR) is 72.5 cm³/mol. The molecule has 0 aromatic rings. The molecule has 1 unspecified atom stereocenters. The Kier molecular flexibility index (Phi) is 4.78. The van der Waals surface area contributed by atoms with Crippen LogP contribution >= 0.6 is 0 Å². The van der Waals surface area contributed by atoms with Crippen molar-refractivity contribution in [2.45, 2.75) is 32.7 Å². The van der Waals surface area contributed by atoms with Gasteiger partial charge in [0, 0.05) is 12.8 Å². The summed E-state index contributed by atoms with van der Waals surface area (Å²) >= 11 is 0. The molecule has 1 saturated heterocycles. The number of hydrogen-bond donors (Lipinski definition) is 1. The van der Waals surface area contributed by atoms with Gasteiger partial charge in [0.25, 0.3) is 11.8 Å². The molecule has 1 aliphatic heterocycles. The van der Waals surface area contributed by atoms with Gasteiger partial charge in [-0.1, -0.05) is 13.8 Å². The molecule has 1 atom stereocenters. The van der Waals surface area contributed by atoms with Crippen LogP contribution in [0.1, 0.15) is 29.4 Å². The van der Waals surface area contributed by atoms with E-state index in [-0.39, 0.29) is 23.8 Å². The number of rotatable bonds is 6. The third-order valence-electron chi connectivity index (χ3n) is 2.92. The van der Waals surface area contributed by atoms with E-state index in [1.807, 2.05) is 5.32 Å². The Balaban J connectivity index is 2.77. The van der Waals surface area contributed by atoms with Gasteiger partial charge in [-0.15, -0.1) is 5.06 Å². The van der Waals surface area contributed by atoms with Gasteiger partial charge in [0.15, 0.2) is 0 Å². The molecular weight excluding hydrogens is 284 g/mol. The highest BCUT2D eigenvalue weighted by Gasteiger charge is 2.33. The molecule has 8 nitrogen and oxygen atoms in total. The van der Waals surface area contributed by atoms with Crippen molar-refractivity contribution in [3.63, 3.8) is 0 Å². The van der Waals surface area contributed by atoms with Crippen LogP contribution in [0.4, 0.5) is 0 Å². The molecule has 1 heterocycles. The summed E-state index contributed by atoms with van der Waals surface area (Å²) in [5, 5.41) is 2.19. The summed E-state index contributed by atoms with van der Waals surface area (Å²) < 4.78 is 15.3. The first-order valence-electron chi connectivity index (χ1n) is 7.54. The summed E-state index contributed by atoms with van der Waals surface area (Å²) in [4.78, 5) is 52.8. The highest BCUT2D eigenvalue weighted by molar-refractivity contribution is 6.01. The lowest BCUT2D eigenvalue weighted by atomic mass is 10.1. The molecule has 3 amide bonds. The van der Waals surface area contributed by atoms with Crippen LogP contribution in [-0.4, -0.2) is 60.3 Å². The van der Waals surface area contributed by atoms with Gasteiger partial charge in [0.2, 0.25) is 5.91 Å². The molecule has 1 fully saturated rings. The smallest absolute Gasteiger partial charge is 0.344 e. The minimum absolute atomic E-state index is 0.0997. The molecule has 8 heteroatoms. The van der Waals surface area contributed by atoms with Gasteiger partial charge in [-0.05, 0) is 20.0 Å². The second-order valence-electron chi connectivity index (χ2n) is 5.23. The number of nitrogens with one attached hydrogen (secondary N) is 1. The van der Waals surface area contributed by atoms with E-state index in [4.69, 9.17) is 2.74 Å². The molecule has 0 aliphatic carbocycles. The first-order chi connectivity index (χ1) is 10.5. The lowest BCUT2D eigenvalue weighted by molar-refractivity contribution is -0.196. The molecule has 1 rings (SSSR count). The molecule has 0 aromatic heterocycles. The molecule has 0 spiro atoms. The van der Waals surface area contributed by atoms with Gasteiger partial charge in [0.1, 0.15) is 6.50 Å². The number of nitrogens with zero attached hydrogens (tertiary/aromatic N) is 2. The Morgan fingerprint density at radius 2 is 1.90 bits per heavy atom. The normalized spacial score (nSPS) is 18.7. The maximum Gasteiger partial charge on any atom is 0.352 e. The first kappa shape index (κ1) is 14.0. The molecule has 0 saturated carbocycles. The van der Waals surface area contributed by atoms with Crippen LogP contribution in [-0.2, 0) is 24.0 Å². The van der Waals surface area contributed by atoms with Crippen molar-refractivity contribution in [3.8, 4) is 0 Å². The minimum Gasteiger partial charge on any atom is -0.344 e. The molecule has 1 N–H and O–H groups in total. The molecular formula is C13H21N3O5. The van der Waals surface area contributed by atoms with Crippen molar-refractivity contribution < 1.29 is 26.8 Å². The predicted octanol–water partition coefficient (Wildman–Crippen LogP) is -0.704. The van der Waals surface area contributed by atoms with Crippen molar-refractivity contribution in [1.29, 1.82) is 0 Å². The zero-order valence-electron chi connectivity index (χ0n) is 14.5. The standard InChI is InChI=1S/C13H21N3O5/c1-8(2)12(15(3)4)13(20)14-7-11(19)21-16-9(17)5-6-10(16)18/h8,12H,5-7H2,1-4H3,(H,14,20)/i7D2,13+1,14+1,19+2,20+2. The second kappa shape index (κ2) is 7.16. The number of hydroxylamine groups is 2. The number of amides is 3. The molecule has 0 bridgehead atoms. The fourth-order valence-electron chi connectivity index (χ4n) is 2.08. The van der Waals surface area contributed by atoms with Crippen molar-refractivity contribution in [1.82, 2.24) is 15.3 Å². The number of hydrogen-bond acceptors (Lipinski definition) is 6. The van der Waals surface area contributed by atoms with E-state index < -0.39 is 36.2 Å². The quantitative estimate of drug-likeness (QED) is 0.302. The van der Waals surface area contributed by atoms with Gasteiger partial charge < -0.3 is 10.2 Å². The highest BCUT2D eigenvalue weighted by atomic mass is 18.1. The van der Waals surface area contributed by atoms with Crippen LogP contribution in [0.2, 0.25) is 0 Å². The lowest BCUT2D eigenvalue weighted by Gasteiger charge is -2.26. The van der Waals surface area contributed by atoms with Crippen LogP contribution in [0.3, 0.4) is 0 Å². The van der Waals surface area contributed by atoms with E-state index in [9.17, 15) is 19.2 Å². The molecule has 1 aliphatic rings. The number of carbonyl (C=O) groups excluding carboxylic acids is 4. The third kappa shape index (κ3) is 4.52. The summed E-state index contributed by atoms with van der Waals surface area (Å²) in [6, 6.07) is -0.659. The third-order valence-corrected chi connectivity index (χ3v) is 2.92. The summed E-state index contributed by atoms with van der Waals surface area (Å²) in [7, 11) is 3.30. The second-order valence-corrected chi connectivity index (χ2v) is 5.23. The van der Waals surface area contributed by atoms with Crippen molar-refractivity contribution >= 4 is 23.7 Å². The van der Waals surface area contributed by atoms with Crippen molar-refractivity contribution in [2.24, 2.45) is 5.92 Å². The van der Waals surface area contributed by atoms with Crippen LogP contribution in [0.25, 0.3) is 0 Å². The SMILES string of the molecule is [2H]C([2H])([15NH][13C](=[18O])C(C(C)C)N(C)C)C(=[18O])ON1C(=O)CCC1=O. The average Bonchev–Trinajstić information content (AvgIpc) is 2.68. The van der Waals surface area contributed by atoms with E-state index in [1.54, 1.807) is 32.8 Å². The molecule has 0 aromatic carbocycles. The maximum atomic E-state index is 12.2. The lowest BCUT2D eigenvalue weighted by Crippen LogP contribution is -2.48.